The van der Waals surface area contributed by atoms with Crippen molar-refractivity contribution in [3.63, 3.8) is 0 Å². The summed E-state index contributed by atoms with van der Waals surface area (Å²) in [6.07, 6.45) is 0.105. The summed E-state index contributed by atoms with van der Waals surface area (Å²) in [5.41, 5.74) is 0.412. The average Bonchev–Trinajstić information content (AvgIpc) is 2.21. The van der Waals surface area contributed by atoms with Crippen LogP contribution in [-0.4, -0.2) is 17.5 Å². The van der Waals surface area contributed by atoms with Crippen molar-refractivity contribution >= 4 is 28.3 Å². The molecule has 16 heavy (non-hydrogen) atoms. The minimum absolute atomic E-state index is 0.288. The number of benzene rings is 1. The van der Waals surface area contributed by atoms with Gasteiger partial charge in [-0.05, 0) is 33.6 Å². The van der Waals surface area contributed by atoms with E-state index >= 15 is 0 Å². The Labute approximate surface area is 99.6 Å². The number of amides is 1. The van der Waals surface area contributed by atoms with Gasteiger partial charge in [0.25, 0.3) is 0 Å². The largest absolute Gasteiger partial charge is 0.481 e. The summed E-state index contributed by atoms with van der Waals surface area (Å²) >= 11 is 2.99. The molecule has 2 N–H and O–H groups in total. The second kappa shape index (κ2) is 5.60. The molecule has 0 saturated carbocycles. The van der Waals surface area contributed by atoms with Crippen LogP contribution in [-0.2, 0) is 9.59 Å². The molecule has 1 aromatic carbocycles. The summed E-state index contributed by atoms with van der Waals surface area (Å²) in [5, 5.41) is 11.0. The molecule has 1 atom stereocenters. The third-order valence-electron chi connectivity index (χ3n) is 1.99. The van der Waals surface area contributed by atoms with E-state index in [2.05, 4.69) is 21.2 Å². The Bertz CT molecular complexity index is 411. The number of halogens is 2. The number of nitrogens with one attached hydrogen (secondary N) is 1. The molecule has 1 amide bonds. The van der Waals surface area contributed by atoms with Crippen molar-refractivity contribution in [3.8, 4) is 0 Å². The van der Waals surface area contributed by atoms with Gasteiger partial charge in [0.2, 0.25) is 6.41 Å². The van der Waals surface area contributed by atoms with Crippen molar-refractivity contribution < 1.29 is 19.1 Å². The van der Waals surface area contributed by atoms with Crippen LogP contribution in [0.15, 0.2) is 22.7 Å². The van der Waals surface area contributed by atoms with E-state index in [0.29, 0.717) is 12.0 Å². The molecule has 0 radical (unpaired) electrons. The molecular weight excluding hydrogens is 281 g/mol. The molecule has 1 aromatic rings. The van der Waals surface area contributed by atoms with Gasteiger partial charge in [0.1, 0.15) is 5.82 Å². The second-order valence-corrected chi connectivity index (χ2v) is 3.96. The fourth-order valence-electron chi connectivity index (χ4n) is 1.26. The van der Waals surface area contributed by atoms with Crippen molar-refractivity contribution in [2.75, 3.05) is 0 Å². The lowest BCUT2D eigenvalue weighted by Gasteiger charge is -2.14. The van der Waals surface area contributed by atoms with Gasteiger partial charge in [-0.3, -0.25) is 9.59 Å². The van der Waals surface area contributed by atoms with Crippen LogP contribution in [0.2, 0.25) is 0 Å². The van der Waals surface area contributed by atoms with Crippen LogP contribution in [0, 0.1) is 5.82 Å². The molecule has 0 aliphatic rings. The highest BCUT2D eigenvalue weighted by molar-refractivity contribution is 9.10. The third kappa shape index (κ3) is 3.30. The highest BCUT2D eigenvalue weighted by atomic mass is 79.9. The lowest BCUT2D eigenvalue weighted by Crippen LogP contribution is -2.22. The Balaban J connectivity index is 2.95. The van der Waals surface area contributed by atoms with Crippen molar-refractivity contribution in [1.29, 1.82) is 0 Å². The molecule has 0 heterocycles. The number of carbonyl (C=O) groups is 2. The van der Waals surface area contributed by atoms with Crippen LogP contribution in [0.3, 0.4) is 0 Å². The number of carbonyl (C=O) groups excluding carboxylic acids is 1. The summed E-state index contributed by atoms with van der Waals surface area (Å²) in [5.74, 6) is -1.57. The van der Waals surface area contributed by atoms with Crippen molar-refractivity contribution in [3.05, 3.63) is 34.1 Å². The van der Waals surface area contributed by atoms with E-state index < -0.39 is 17.8 Å². The maximum Gasteiger partial charge on any atom is 0.305 e. The molecule has 0 spiro atoms. The Hall–Kier alpha value is -1.43. The summed E-state index contributed by atoms with van der Waals surface area (Å²) in [7, 11) is 0. The molecule has 0 aliphatic carbocycles. The Morgan fingerprint density at radius 3 is 2.81 bits per heavy atom. The number of carboxylic acids is 1. The van der Waals surface area contributed by atoms with Gasteiger partial charge in [0.05, 0.1) is 16.9 Å². The topological polar surface area (TPSA) is 66.4 Å². The molecule has 0 aromatic heterocycles. The van der Waals surface area contributed by atoms with Crippen LogP contribution < -0.4 is 5.32 Å². The highest BCUT2D eigenvalue weighted by Gasteiger charge is 2.15. The second-order valence-electron chi connectivity index (χ2n) is 3.11. The zero-order chi connectivity index (χ0) is 12.1. The lowest BCUT2D eigenvalue weighted by atomic mass is 10.0. The normalized spacial score (nSPS) is 11.9. The van der Waals surface area contributed by atoms with Crippen molar-refractivity contribution in [1.82, 2.24) is 5.32 Å². The summed E-state index contributed by atoms with van der Waals surface area (Å²) in [6, 6.07) is 3.48. The van der Waals surface area contributed by atoms with Crippen LogP contribution in [0.1, 0.15) is 18.0 Å². The monoisotopic (exact) mass is 289 g/mol. The predicted octanol–water partition coefficient (Wildman–Crippen LogP) is 1.85. The first-order valence-electron chi connectivity index (χ1n) is 4.41. The van der Waals surface area contributed by atoms with Gasteiger partial charge in [0, 0.05) is 0 Å². The van der Waals surface area contributed by atoms with Gasteiger partial charge < -0.3 is 10.4 Å². The molecule has 0 unspecified atom stereocenters. The highest BCUT2D eigenvalue weighted by Crippen LogP contribution is 2.22. The van der Waals surface area contributed by atoms with Crippen molar-refractivity contribution in [2.24, 2.45) is 0 Å². The average molecular weight is 290 g/mol. The van der Waals surface area contributed by atoms with E-state index in [1.807, 2.05) is 0 Å². The zero-order valence-corrected chi connectivity index (χ0v) is 9.70. The third-order valence-corrected chi connectivity index (χ3v) is 2.64. The maximum atomic E-state index is 13.2. The minimum Gasteiger partial charge on any atom is -0.481 e. The molecule has 0 bridgehead atoms. The number of aliphatic carboxylic acids is 1. The number of hydrogen-bond donors (Lipinski definition) is 2. The Morgan fingerprint density at radius 2 is 2.31 bits per heavy atom. The van der Waals surface area contributed by atoms with Crippen molar-refractivity contribution in [2.45, 2.75) is 12.5 Å². The SMILES string of the molecule is O=CN[C@@H](CC(=O)O)c1ccc(Br)c(F)c1. The van der Waals surface area contributed by atoms with E-state index in [-0.39, 0.29) is 10.9 Å². The molecular formula is C10H9BrFNO3. The molecule has 4 nitrogen and oxygen atoms in total. The quantitative estimate of drug-likeness (QED) is 0.813. The number of carboxylic acid groups (broad SMARTS) is 1. The maximum absolute atomic E-state index is 13.2. The zero-order valence-electron chi connectivity index (χ0n) is 8.11. The first-order chi connectivity index (χ1) is 7.54. The van der Waals surface area contributed by atoms with E-state index in [1.165, 1.54) is 12.1 Å². The van der Waals surface area contributed by atoms with Gasteiger partial charge in [-0.1, -0.05) is 6.07 Å². The summed E-state index contributed by atoms with van der Waals surface area (Å²) < 4.78 is 13.5. The van der Waals surface area contributed by atoms with Gasteiger partial charge in [-0.25, -0.2) is 4.39 Å². The smallest absolute Gasteiger partial charge is 0.305 e. The van der Waals surface area contributed by atoms with E-state index in [0.717, 1.165) is 0 Å². The van der Waals surface area contributed by atoms with E-state index in [1.54, 1.807) is 6.07 Å². The van der Waals surface area contributed by atoms with Crippen LogP contribution >= 0.6 is 15.9 Å². The number of hydrogen-bond acceptors (Lipinski definition) is 2. The molecule has 86 valence electrons. The standard InChI is InChI=1S/C10H9BrFNO3/c11-7-2-1-6(3-8(7)12)9(13-5-14)4-10(15)16/h1-3,5,9H,4H2,(H,13,14)(H,15,16)/t9-/m0/s1. The molecule has 0 fully saturated rings. The van der Waals surface area contributed by atoms with Gasteiger partial charge in [-0.15, -0.1) is 0 Å². The Kier molecular flexibility index (Phi) is 4.42. The van der Waals surface area contributed by atoms with Crippen LogP contribution in [0.5, 0.6) is 0 Å². The van der Waals surface area contributed by atoms with Crippen LogP contribution in [0.25, 0.3) is 0 Å². The molecule has 0 aliphatic heterocycles. The van der Waals surface area contributed by atoms with Gasteiger partial charge >= 0.3 is 5.97 Å². The first-order valence-corrected chi connectivity index (χ1v) is 5.20. The lowest BCUT2D eigenvalue weighted by molar-refractivity contribution is -0.137. The molecule has 6 heteroatoms. The van der Waals surface area contributed by atoms with Gasteiger partial charge in [-0.2, -0.15) is 0 Å². The fraction of sp³-hybridized carbons (Fsp3) is 0.200. The van der Waals surface area contributed by atoms with Gasteiger partial charge in [0.15, 0.2) is 0 Å². The van der Waals surface area contributed by atoms with E-state index in [4.69, 9.17) is 5.11 Å². The summed E-state index contributed by atoms with van der Waals surface area (Å²) in [4.78, 5) is 20.9. The van der Waals surface area contributed by atoms with E-state index in [9.17, 15) is 14.0 Å². The number of rotatable bonds is 5. The predicted molar refractivity (Wildman–Crippen MR) is 58.3 cm³/mol. The molecule has 1 rings (SSSR count). The van der Waals surface area contributed by atoms with Crippen LogP contribution in [0.4, 0.5) is 4.39 Å². The summed E-state index contributed by atoms with van der Waals surface area (Å²) in [6.45, 7) is 0. The fourth-order valence-corrected chi connectivity index (χ4v) is 1.51. The first kappa shape index (κ1) is 12.6. The Morgan fingerprint density at radius 1 is 1.62 bits per heavy atom. The minimum atomic E-state index is -1.07. The molecule has 0 saturated heterocycles.